The average Bonchev–Trinajstić information content (AvgIpc) is 2.27. The lowest BCUT2D eigenvalue weighted by molar-refractivity contribution is -0.385. The van der Waals surface area contributed by atoms with Gasteiger partial charge in [-0.25, -0.2) is 5.84 Å². The van der Waals surface area contributed by atoms with Gasteiger partial charge in [0.1, 0.15) is 5.75 Å². The van der Waals surface area contributed by atoms with Crippen LogP contribution in [0.15, 0.2) is 12.1 Å². The standard InChI is InChI=1S/C10H13N3O4/c1-6-3-8(13(15)16)4-7(2)10(6)17-5-9(14)12-11/h3-4H,5,11H2,1-2H3,(H,12,14). The van der Waals surface area contributed by atoms with Gasteiger partial charge in [-0.2, -0.15) is 0 Å². The summed E-state index contributed by atoms with van der Waals surface area (Å²) < 4.78 is 5.24. The van der Waals surface area contributed by atoms with E-state index in [0.717, 1.165) is 0 Å². The number of nitrogens with two attached hydrogens (primary N) is 1. The molecule has 0 aliphatic heterocycles. The number of nitro benzene ring substituents is 1. The van der Waals surface area contributed by atoms with Crippen LogP contribution < -0.4 is 16.0 Å². The zero-order valence-electron chi connectivity index (χ0n) is 9.52. The van der Waals surface area contributed by atoms with Gasteiger partial charge in [0.25, 0.3) is 11.6 Å². The number of benzene rings is 1. The fraction of sp³-hybridized carbons (Fsp3) is 0.300. The van der Waals surface area contributed by atoms with E-state index < -0.39 is 10.8 Å². The third-order valence-electron chi connectivity index (χ3n) is 2.16. The summed E-state index contributed by atoms with van der Waals surface area (Å²) in [6.45, 7) is 3.13. The molecule has 0 radical (unpaired) electrons. The summed E-state index contributed by atoms with van der Waals surface area (Å²) in [5.74, 6) is 4.89. The number of nitrogens with zero attached hydrogens (tertiary/aromatic N) is 1. The van der Waals surface area contributed by atoms with E-state index in [9.17, 15) is 14.9 Å². The van der Waals surface area contributed by atoms with Crippen molar-refractivity contribution in [3.8, 4) is 5.75 Å². The second-order valence-electron chi connectivity index (χ2n) is 3.52. The highest BCUT2D eigenvalue weighted by atomic mass is 16.6. The Kier molecular flexibility index (Phi) is 4.00. The number of non-ortho nitro benzene ring substituents is 1. The molecule has 3 N–H and O–H groups in total. The Bertz CT molecular complexity index is 436. The summed E-state index contributed by atoms with van der Waals surface area (Å²) in [5.41, 5.74) is 3.12. The van der Waals surface area contributed by atoms with Crippen molar-refractivity contribution in [2.45, 2.75) is 13.8 Å². The number of hydrogen-bond donors (Lipinski definition) is 2. The predicted octanol–water partition coefficient (Wildman–Crippen LogP) is 0.580. The van der Waals surface area contributed by atoms with Crippen LogP contribution in [0.2, 0.25) is 0 Å². The van der Waals surface area contributed by atoms with Crippen LogP contribution in [0.25, 0.3) is 0 Å². The van der Waals surface area contributed by atoms with Crippen LogP contribution in [0.5, 0.6) is 5.75 Å². The number of aryl methyl sites for hydroxylation is 2. The Morgan fingerprint density at radius 3 is 2.41 bits per heavy atom. The molecule has 1 amide bonds. The molecule has 1 rings (SSSR count). The van der Waals surface area contributed by atoms with Gasteiger partial charge in [0.15, 0.2) is 6.61 Å². The maximum absolute atomic E-state index is 10.9. The van der Waals surface area contributed by atoms with Crippen molar-refractivity contribution in [3.63, 3.8) is 0 Å². The highest BCUT2D eigenvalue weighted by Crippen LogP contribution is 2.28. The normalized spacial score (nSPS) is 9.82. The van der Waals surface area contributed by atoms with Gasteiger partial charge in [0, 0.05) is 12.1 Å². The van der Waals surface area contributed by atoms with Gasteiger partial charge in [-0.1, -0.05) is 0 Å². The molecule has 0 atom stereocenters. The van der Waals surface area contributed by atoms with Crippen LogP contribution in [0, 0.1) is 24.0 Å². The van der Waals surface area contributed by atoms with Crippen molar-refractivity contribution in [1.82, 2.24) is 5.43 Å². The van der Waals surface area contributed by atoms with Gasteiger partial charge in [0.2, 0.25) is 0 Å². The molecular weight excluding hydrogens is 226 g/mol. The number of carbonyl (C=O) groups is 1. The molecule has 0 spiro atoms. The molecule has 0 aliphatic rings. The third kappa shape index (κ3) is 3.15. The molecule has 0 aliphatic carbocycles. The SMILES string of the molecule is Cc1cc([N+](=O)[O-])cc(C)c1OCC(=O)NN. The first-order chi connectivity index (χ1) is 7.95. The lowest BCUT2D eigenvalue weighted by atomic mass is 10.1. The Morgan fingerprint density at radius 1 is 1.47 bits per heavy atom. The number of amides is 1. The Hall–Kier alpha value is -2.15. The topological polar surface area (TPSA) is 107 Å². The molecule has 0 fully saturated rings. The second kappa shape index (κ2) is 5.26. The minimum Gasteiger partial charge on any atom is -0.483 e. The van der Waals surface area contributed by atoms with Gasteiger partial charge in [-0.15, -0.1) is 0 Å². The summed E-state index contributed by atoms with van der Waals surface area (Å²) in [4.78, 5) is 21.1. The fourth-order valence-corrected chi connectivity index (χ4v) is 1.44. The van der Waals surface area contributed by atoms with Crippen LogP contribution in [0.4, 0.5) is 5.69 Å². The molecule has 0 heterocycles. The van der Waals surface area contributed by atoms with Crippen LogP contribution in [0.3, 0.4) is 0 Å². The quantitative estimate of drug-likeness (QED) is 0.346. The average molecular weight is 239 g/mol. The van der Waals surface area contributed by atoms with Gasteiger partial charge < -0.3 is 4.74 Å². The van der Waals surface area contributed by atoms with E-state index in [-0.39, 0.29) is 12.3 Å². The summed E-state index contributed by atoms with van der Waals surface area (Å²) >= 11 is 0. The molecule has 7 heteroatoms. The zero-order valence-corrected chi connectivity index (χ0v) is 9.52. The molecule has 7 nitrogen and oxygen atoms in total. The monoisotopic (exact) mass is 239 g/mol. The first kappa shape index (κ1) is 12.9. The highest BCUT2D eigenvalue weighted by Gasteiger charge is 2.13. The number of nitro groups is 1. The largest absolute Gasteiger partial charge is 0.483 e. The van der Waals surface area contributed by atoms with E-state index >= 15 is 0 Å². The highest BCUT2D eigenvalue weighted by molar-refractivity contribution is 5.76. The van der Waals surface area contributed by atoms with Crippen LogP contribution >= 0.6 is 0 Å². The van der Waals surface area contributed by atoms with Crippen molar-refractivity contribution in [2.75, 3.05) is 6.61 Å². The molecule has 0 aromatic heterocycles. The van der Waals surface area contributed by atoms with Crippen molar-refractivity contribution in [2.24, 2.45) is 5.84 Å². The third-order valence-corrected chi connectivity index (χ3v) is 2.16. The number of ether oxygens (including phenoxy) is 1. The lowest BCUT2D eigenvalue weighted by Crippen LogP contribution is -2.34. The zero-order chi connectivity index (χ0) is 13.0. The Labute approximate surface area is 97.7 Å². The summed E-state index contributed by atoms with van der Waals surface area (Å²) in [5, 5.41) is 10.6. The smallest absolute Gasteiger partial charge is 0.271 e. The van der Waals surface area contributed by atoms with E-state index in [1.54, 1.807) is 13.8 Å². The van der Waals surface area contributed by atoms with Crippen LogP contribution in [-0.2, 0) is 4.79 Å². The van der Waals surface area contributed by atoms with Crippen LogP contribution in [-0.4, -0.2) is 17.4 Å². The summed E-state index contributed by atoms with van der Waals surface area (Å²) in [7, 11) is 0. The number of carbonyl (C=O) groups excluding carboxylic acids is 1. The molecule has 1 aromatic rings. The van der Waals surface area contributed by atoms with Crippen LogP contribution in [0.1, 0.15) is 11.1 Å². The van der Waals surface area contributed by atoms with Crippen molar-refractivity contribution in [3.05, 3.63) is 33.4 Å². The molecule has 0 unspecified atom stereocenters. The molecule has 17 heavy (non-hydrogen) atoms. The first-order valence-electron chi connectivity index (χ1n) is 4.83. The van der Waals surface area contributed by atoms with Gasteiger partial charge >= 0.3 is 0 Å². The molecular formula is C10H13N3O4. The van der Waals surface area contributed by atoms with Gasteiger partial charge in [-0.3, -0.25) is 20.3 Å². The van der Waals surface area contributed by atoms with Gasteiger partial charge in [0.05, 0.1) is 4.92 Å². The molecule has 0 saturated carbocycles. The second-order valence-corrected chi connectivity index (χ2v) is 3.52. The molecule has 92 valence electrons. The summed E-state index contributed by atoms with van der Waals surface area (Å²) in [6, 6.07) is 2.78. The van der Waals surface area contributed by atoms with E-state index in [1.165, 1.54) is 12.1 Å². The van der Waals surface area contributed by atoms with Crippen molar-refractivity contribution >= 4 is 11.6 Å². The Balaban J connectivity index is 2.94. The lowest BCUT2D eigenvalue weighted by Gasteiger charge is -2.11. The Morgan fingerprint density at radius 2 is 2.00 bits per heavy atom. The van der Waals surface area contributed by atoms with Gasteiger partial charge in [-0.05, 0) is 25.0 Å². The molecule has 0 saturated heterocycles. The van der Waals surface area contributed by atoms with Crippen molar-refractivity contribution in [1.29, 1.82) is 0 Å². The maximum Gasteiger partial charge on any atom is 0.271 e. The first-order valence-corrected chi connectivity index (χ1v) is 4.83. The predicted molar refractivity (Wildman–Crippen MR) is 60.4 cm³/mol. The molecule has 0 bridgehead atoms. The van der Waals surface area contributed by atoms with E-state index in [4.69, 9.17) is 10.6 Å². The maximum atomic E-state index is 10.9. The fourth-order valence-electron chi connectivity index (χ4n) is 1.44. The minimum atomic E-state index is -0.476. The number of nitrogens with one attached hydrogen (secondary N) is 1. The van der Waals surface area contributed by atoms with E-state index in [1.807, 2.05) is 5.43 Å². The van der Waals surface area contributed by atoms with E-state index in [0.29, 0.717) is 16.9 Å². The minimum absolute atomic E-state index is 0.00405. The number of rotatable bonds is 4. The van der Waals surface area contributed by atoms with Crippen molar-refractivity contribution < 1.29 is 14.5 Å². The van der Waals surface area contributed by atoms with E-state index in [2.05, 4.69) is 0 Å². The number of hydrazine groups is 1. The molecule has 1 aromatic carbocycles. The number of hydrogen-bond acceptors (Lipinski definition) is 5. The summed E-state index contributed by atoms with van der Waals surface area (Å²) in [6.07, 6.45) is 0.